The Morgan fingerprint density at radius 1 is 0.561 bits per heavy atom. The van der Waals surface area contributed by atoms with Crippen LogP contribution in [0.25, 0.3) is 72.7 Å². The average Bonchev–Trinajstić information content (AvgIpc) is 3.68. The fourth-order valence-corrected chi connectivity index (χ4v) is 9.33. The van der Waals surface area contributed by atoms with E-state index < -0.39 is 36.9 Å². The quantitative estimate of drug-likeness (QED) is 0.165. The zero-order valence-corrected chi connectivity index (χ0v) is 40.6. The van der Waals surface area contributed by atoms with Crippen molar-refractivity contribution in [1.29, 1.82) is 0 Å². The highest BCUT2D eigenvalue weighted by molar-refractivity contribution is 5.97. The van der Waals surface area contributed by atoms with Gasteiger partial charge in [0.15, 0.2) is 0 Å². The molecule has 0 aliphatic heterocycles. The van der Waals surface area contributed by atoms with Crippen LogP contribution in [0.4, 0.5) is 0 Å². The molecular weight excluding hydrogens is 803 g/mol. The number of benzene rings is 6. The van der Waals surface area contributed by atoms with Crippen LogP contribution in [-0.4, -0.2) is 19.6 Å². The summed E-state index contributed by atoms with van der Waals surface area (Å²) in [6.07, 6.45) is 1.65. The molecule has 0 fully saturated rings. The predicted molar refractivity (Wildman–Crippen MR) is 281 cm³/mol. The number of aryl methyl sites for hydroxylation is 2. The van der Waals surface area contributed by atoms with Gasteiger partial charge in [0.05, 0.1) is 28.0 Å². The van der Waals surface area contributed by atoms with E-state index >= 15 is 0 Å². The van der Waals surface area contributed by atoms with E-state index in [1.807, 2.05) is 86.6 Å². The molecular formula is C62H69N3O. The number of fused-ring (bicyclic) bond motifs is 1. The molecule has 338 valence electrons. The number of phenolic OH excluding ortho intramolecular Hbond substituents is 1. The Bertz CT molecular complexity index is 3370. The molecule has 6 aromatic carbocycles. The Morgan fingerprint density at radius 3 is 1.79 bits per heavy atom. The van der Waals surface area contributed by atoms with Crippen molar-refractivity contribution in [2.75, 3.05) is 0 Å². The first-order valence-corrected chi connectivity index (χ1v) is 23.1. The van der Waals surface area contributed by atoms with E-state index in [9.17, 15) is 5.11 Å². The molecule has 8 aromatic rings. The Balaban J connectivity index is 1.57. The number of pyridine rings is 1. The lowest BCUT2D eigenvalue weighted by Gasteiger charge is -2.28. The van der Waals surface area contributed by atoms with Crippen molar-refractivity contribution in [3.05, 3.63) is 166 Å². The lowest BCUT2D eigenvalue weighted by atomic mass is 9.78. The van der Waals surface area contributed by atoms with Crippen molar-refractivity contribution >= 4 is 11.0 Å². The van der Waals surface area contributed by atoms with E-state index in [0.717, 1.165) is 61.3 Å². The van der Waals surface area contributed by atoms with Gasteiger partial charge in [-0.3, -0.25) is 9.55 Å². The smallest absolute Gasteiger partial charge is 0.149 e. The van der Waals surface area contributed by atoms with Crippen molar-refractivity contribution in [2.45, 2.75) is 132 Å². The number of para-hydroxylation sites is 1. The van der Waals surface area contributed by atoms with Crippen molar-refractivity contribution in [3.8, 4) is 67.5 Å². The summed E-state index contributed by atoms with van der Waals surface area (Å²) < 4.78 is 81.9. The number of rotatable bonds is 8. The number of aromatic nitrogens is 3. The monoisotopic (exact) mass is 881 g/mol. The standard InChI is InChI=1S/C62H69N3O/c1-37(2)49-32-43(41-23-17-16-18-24-41)33-50(38(3)4)57(49)65-54-26-20-25-48(56(54)64-59(65)51-35-47(61(10,11)12)36-52(58(51)66)62(13,14)15)44-29-45(31-46(30-44)60(7,8)9)53-34-42(27-28-63-53)55-39(5)21-19-22-40(55)6/h16-38,66H,1-15H3/i7D3,8D3,9D3. The first kappa shape index (κ1) is 35.9. The molecule has 0 saturated heterocycles. The SMILES string of the molecule is [2H]C([2H])([2H])C(c1cc(-c2cc(-c3c(C)cccc3C)ccn2)cc(-c2cccc3c2nc(-c2cc(C(C)(C)C)cc(C(C)(C)C)c2O)n3-c2c(C(C)C)cc(-c3ccccc3)cc2C(C)C)c1)(C([2H])([2H])[2H])C([2H])([2H])[2H]. The van der Waals surface area contributed by atoms with E-state index in [1.165, 1.54) is 12.1 Å². The minimum atomic E-state index is -3.54. The summed E-state index contributed by atoms with van der Waals surface area (Å²) in [4.78, 5) is 10.4. The van der Waals surface area contributed by atoms with Gasteiger partial charge in [0, 0.05) is 35.2 Å². The van der Waals surface area contributed by atoms with Gasteiger partial charge in [-0.15, -0.1) is 0 Å². The zero-order chi connectivity index (χ0) is 55.1. The summed E-state index contributed by atoms with van der Waals surface area (Å²) in [5.74, 6) is 0.564. The highest BCUT2D eigenvalue weighted by Crippen LogP contribution is 2.47. The van der Waals surface area contributed by atoms with Crippen LogP contribution in [0, 0.1) is 13.8 Å². The van der Waals surface area contributed by atoms with Crippen LogP contribution in [0.2, 0.25) is 0 Å². The first-order valence-electron chi connectivity index (χ1n) is 27.6. The van der Waals surface area contributed by atoms with Crippen molar-refractivity contribution in [1.82, 2.24) is 14.5 Å². The highest BCUT2D eigenvalue weighted by Gasteiger charge is 2.31. The molecule has 4 heteroatoms. The average molecular weight is 881 g/mol. The van der Waals surface area contributed by atoms with Crippen LogP contribution in [0.5, 0.6) is 5.75 Å². The Kier molecular flexibility index (Phi) is 9.36. The lowest BCUT2D eigenvalue weighted by molar-refractivity contribution is 0.446. The molecule has 0 aliphatic carbocycles. The first-order chi connectivity index (χ1) is 34.8. The van der Waals surface area contributed by atoms with Gasteiger partial charge in [0.2, 0.25) is 0 Å². The van der Waals surface area contributed by atoms with Crippen LogP contribution in [0.1, 0.15) is 153 Å². The molecule has 0 spiro atoms. The third-order valence-corrected chi connectivity index (χ3v) is 13.0. The Morgan fingerprint density at radius 2 is 1.18 bits per heavy atom. The predicted octanol–water partition coefficient (Wildman–Crippen LogP) is 17.2. The molecule has 0 bridgehead atoms. The van der Waals surface area contributed by atoms with E-state index in [4.69, 9.17) is 22.3 Å². The van der Waals surface area contributed by atoms with Crippen molar-refractivity contribution in [2.24, 2.45) is 0 Å². The van der Waals surface area contributed by atoms with Crippen LogP contribution in [0.15, 0.2) is 128 Å². The summed E-state index contributed by atoms with van der Waals surface area (Å²) in [6, 6.07) is 38.9. The van der Waals surface area contributed by atoms with Gasteiger partial charge in [-0.2, -0.15) is 0 Å². The van der Waals surface area contributed by atoms with E-state index in [-0.39, 0.29) is 23.0 Å². The molecule has 2 aromatic heterocycles. The van der Waals surface area contributed by atoms with Crippen molar-refractivity contribution < 1.29 is 17.4 Å². The number of hydrogen-bond donors (Lipinski definition) is 1. The minimum Gasteiger partial charge on any atom is -0.507 e. The largest absolute Gasteiger partial charge is 0.507 e. The second-order valence-electron chi connectivity index (χ2n) is 20.8. The fraction of sp³-hybridized carbons (Fsp3) is 0.323. The minimum absolute atomic E-state index is 0.00743. The molecule has 0 radical (unpaired) electrons. The van der Waals surface area contributed by atoms with Gasteiger partial charge in [-0.1, -0.05) is 163 Å². The van der Waals surface area contributed by atoms with Gasteiger partial charge in [-0.05, 0) is 152 Å². The van der Waals surface area contributed by atoms with Crippen molar-refractivity contribution in [3.63, 3.8) is 0 Å². The zero-order valence-electron chi connectivity index (χ0n) is 49.6. The van der Waals surface area contributed by atoms with Crippen LogP contribution in [0.3, 0.4) is 0 Å². The number of phenols is 1. The van der Waals surface area contributed by atoms with E-state index in [1.54, 1.807) is 12.3 Å². The Hall–Kier alpha value is -6.26. The molecule has 0 aliphatic rings. The summed E-state index contributed by atoms with van der Waals surface area (Å²) in [7, 11) is 0. The van der Waals surface area contributed by atoms with E-state index in [2.05, 4.69) is 104 Å². The van der Waals surface area contributed by atoms with Crippen LogP contribution in [-0.2, 0) is 16.2 Å². The maximum atomic E-state index is 12.7. The molecule has 4 nitrogen and oxygen atoms in total. The maximum Gasteiger partial charge on any atom is 0.149 e. The van der Waals surface area contributed by atoms with Crippen LogP contribution < -0.4 is 0 Å². The topological polar surface area (TPSA) is 50.9 Å². The number of hydrogen-bond acceptors (Lipinski definition) is 3. The summed E-state index contributed by atoms with van der Waals surface area (Å²) in [5.41, 5.74) is 9.33. The summed E-state index contributed by atoms with van der Waals surface area (Å²) in [6.45, 7) is 14.7. The molecule has 8 rings (SSSR count). The van der Waals surface area contributed by atoms with Gasteiger partial charge in [0.1, 0.15) is 11.6 Å². The maximum absolute atomic E-state index is 12.7. The van der Waals surface area contributed by atoms with Gasteiger partial charge in [-0.25, -0.2) is 4.98 Å². The van der Waals surface area contributed by atoms with Gasteiger partial charge < -0.3 is 5.11 Å². The number of imidazole rings is 1. The summed E-state index contributed by atoms with van der Waals surface area (Å²) >= 11 is 0. The molecule has 1 N–H and O–H groups in total. The third-order valence-electron chi connectivity index (χ3n) is 13.0. The molecule has 0 saturated carbocycles. The summed E-state index contributed by atoms with van der Waals surface area (Å²) in [5, 5.41) is 12.7. The van der Waals surface area contributed by atoms with Gasteiger partial charge in [0.25, 0.3) is 0 Å². The molecule has 66 heavy (non-hydrogen) atoms. The molecule has 0 unspecified atom stereocenters. The second kappa shape index (κ2) is 17.2. The molecule has 2 heterocycles. The number of nitrogens with zero attached hydrogens (tertiary/aromatic N) is 3. The normalized spacial score (nSPS) is 15.1. The fourth-order valence-electron chi connectivity index (χ4n) is 9.33. The Labute approximate surface area is 407 Å². The molecule has 0 amide bonds. The lowest BCUT2D eigenvalue weighted by Crippen LogP contribution is -2.17. The van der Waals surface area contributed by atoms with E-state index in [0.29, 0.717) is 44.8 Å². The highest BCUT2D eigenvalue weighted by atomic mass is 16.3. The third kappa shape index (κ3) is 8.75. The second-order valence-corrected chi connectivity index (χ2v) is 20.8. The van der Waals surface area contributed by atoms with Crippen LogP contribution >= 0.6 is 0 Å². The van der Waals surface area contributed by atoms with Gasteiger partial charge >= 0.3 is 0 Å². The molecule has 0 atom stereocenters. The number of aromatic hydroxyl groups is 1.